The number of aliphatic hydroxyl groups excluding tert-OH is 1. The molecule has 0 aliphatic heterocycles. The molecule has 0 aliphatic rings. The maximum absolute atomic E-state index is 12.0. The third-order valence-corrected chi connectivity index (χ3v) is 4.99. The first kappa shape index (κ1) is 27.9. The van der Waals surface area contributed by atoms with Crippen LogP contribution in [0.25, 0.3) is 0 Å². The number of esters is 1. The fraction of sp³-hybridized carbons (Fsp3) is 0.913. The summed E-state index contributed by atoms with van der Waals surface area (Å²) < 4.78 is 5.76. The molecule has 0 bridgehead atoms. The lowest BCUT2D eigenvalue weighted by atomic mass is 10.0. The summed E-state index contributed by atoms with van der Waals surface area (Å²) in [5.74, 6) is -1.78. The Kier molecular flexibility index (Phi) is 16.0. The van der Waals surface area contributed by atoms with Crippen molar-refractivity contribution in [3.05, 3.63) is 0 Å². The van der Waals surface area contributed by atoms with Gasteiger partial charge in [-0.15, -0.1) is 0 Å². The Morgan fingerprint density at radius 1 is 0.862 bits per heavy atom. The highest BCUT2D eigenvalue weighted by Gasteiger charge is 2.23. The number of nitrogens with zero attached hydrogens (tertiary/aromatic N) is 1. The first-order valence-electron chi connectivity index (χ1n) is 11.5. The molecular formula is C23H45NO5. The Labute approximate surface area is 178 Å². The Morgan fingerprint density at radius 2 is 1.34 bits per heavy atom. The minimum absolute atomic E-state index is 0.0849. The molecule has 6 nitrogen and oxygen atoms in total. The van der Waals surface area contributed by atoms with Crippen LogP contribution in [0.5, 0.6) is 0 Å². The zero-order valence-electron chi connectivity index (χ0n) is 19.3. The molecule has 0 aromatic carbocycles. The predicted molar refractivity (Wildman–Crippen MR) is 114 cm³/mol. The van der Waals surface area contributed by atoms with Crippen molar-refractivity contribution in [1.29, 1.82) is 0 Å². The molecule has 0 spiro atoms. The second-order valence-corrected chi connectivity index (χ2v) is 9.34. The van der Waals surface area contributed by atoms with Crippen molar-refractivity contribution in [2.45, 2.75) is 109 Å². The Bertz CT molecular complexity index is 433. The fourth-order valence-electron chi connectivity index (χ4n) is 3.51. The number of carbonyl (C=O) groups excluding carboxylic acids is 2. The average molecular weight is 416 g/mol. The second kappa shape index (κ2) is 16.6. The van der Waals surface area contributed by atoms with Crippen molar-refractivity contribution in [3.8, 4) is 0 Å². The number of unbranched alkanes of at least 4 members (excludes halogenated alkanes) is 10. The summed E-state index contributed by atoms with van der Waals surface area (Å²) in [5, 5.41) is 20.9. The molecular weight excluding hydrogens is 370 g/mol. The average Bonchev–Trinajstić information content (AvgIpc) is 2.57. The van der Waals surface area contributed by atoms with E-state index < -0.39 is 24.1 Å². The van der Waals surface area contributed by atoms with Gasteiger partial charge in [-0.2, -0.15) is 0 Å². The highest BCUT2D eigenvalue weighted by atomic mass is 16.5. The van der Waals surface area contributed by atoms with E-state index >= 15 is 0 Å². The van der Waals surface area contributed by atoms with E-state index in [-0.39, 0.29) is 12.8 Å². The van der Waals surface area contributed by atoms with Gasteiger partial charge >= 0.3 is 5.97 Å². The van der Waals surface area contributed by atoms with Gasteiger partial charge < -0.3 is 24.2 Å². The fourth-order valence-corrected chi connectivity index (χ4v) is 3.51. The predicted octanol–water partition coefficient (Wildman–Crippen LogP) is 3.20. The highest BCUT2D eigenvalue weighted by molar-refractivity contribution is 5.71. The minimum Gasteiger partial charge on any atom is -0.550 e. The van der Waals surface area contributed by atoms with Gasteiger partial charge in [0.25, 0.3) is 0 Å². The van der Waals surface area contributed by atoms with Crippen molar-refractivity contribution >= 4 is 11.9 Å². The first-order chi connectivity index (χ1) is 13.6. The standard InChI is InChI=1S/C23H45NO5/c1-5-6-7-8-9-10-11-12-13-14-15-16-20(25)17-23(28)29-21(18-22(26)27)19-24(2,3)4/h20-21,25H,5-19H2,1-4H3/t20?,21-/m1/s1. The zero-order valence-corrected chi connectivity index (χ0v) is 19.3. The topological polar surface area (TPSA) is 86.7 Å². The molecule has 6 heteroatoms. The van der Waals surface area contributed by atoms with Gasteiger partial charge in [-0.25, -0.2) is 0 Å². The number of carbonyl (C=O) groups is 2. The van der Waals surface area contributed by atoms with E-state index in [1.165, 1.54) is 57.8 Å². The lowest BCUT2D eigenvalue weighted by Gasteiger charge is -2.29. The largest absolute Gasteiger partial charge is 0.550 e. The molecule has 0 aromatic heterocycles. The molecule has 0 radical (unpaired) electrons. The summed E-state index contributed by atoms with van der Waals surface area (Å²) in [6.45, 7) is 2.62. The van der Waals surface area contributed by atoms with E-state index in [1.807, 2.05) is 21.1 Å². The molecule has 29 heavy (non-hydrogen) atoms. The van der Waals surface area contributed by atoms with Crippen LogP contribution < -0.4 is 5.11 Å². The summed E-state index contributed by atoms with van der Waals surface area (Å²) in [5.41, 5.74) is 0. The summed E-state index contributed by atoms with van der Waals surface area (Å²) >= 11 is 0. The first-order valence-corrected chi connectivity index (χ1v) is 11.5. The van der Waals surface area contributed by atoms with Gasteiger partial charge in [0.1, 0.15) is 6.54 Å². The van der Waals surface area contributed by atoms with Gasteiger partial charge in [-0.1, -0.05) is 77.6 Å². The maximum atomic E-state index is 12.0. The molecule has 2 atom stereocenters. The normalized spacial score (nSPS) is 13.8. The molecule has 0 fully saturated rings. The summed E-state index contributed by atoms with van der Waals surface area (Å²) in [6, 6.07) is 0. The zero-order chi connectivity index (χ0) is 22.1. The van der Waals surface area contributed by atoms with E-state index in [0.717, 1.165) is 12.8 Å². The van der Waals surface area contributed by atoms with Gasteiger partial charge in [0.2, 0.25) is 0 Å². The smallest absolute Gasteiger partial charge is 0.308 e. The van der Waals surface area contributed by atoms with Crippen LogP contribution >= 0.6 is 0 Å². The van der Waals surface area contributed by atoms with E-state index in [0.29, 0.717) is 17.4 Å². The molecule has 1 N–H and O–H groups in total. The number of aliphatic carboxylic acids is 1. The third kappa shape index (κ3) is 19.9. The van der Waals surface area contributed by atoms with E-state index in [1.54, 1.807) is 0 Å². The van der Waals surface area contributed by atoms with Crippen LogP contribution in [0.15, 0.2) is 0 Å². The number of quaternary nitrogens is 1. The molecule has 0 amide bonds. The van der Waals surface area contributed by atoms with Crippen LogP contribution in [0.1, 0.15) is 96.8 Å². The third-order valence-electron chi connectivity index (χ3n) is 4.99. The molecule has 1 unspecified atom stereocenters. The number of likely N-dealkylation sites (N-methyl/N-ethyl adjacent to an activating group) is 1. The van der Waals surface area contributed by atoms with Gasteiger partial charge in [0, 0.05) is 12.4 Å². The summed E-state index contributed by atoms with van der Waals surface area (Å²) in [6.07, 6.45) is 12.4. The van der Waals surface area contributed by atoms with Gasteiger partial charge in [0.05, 0.1) is 33.7 Å². The molecule has 0 aromatic rings. The second-order valence-electron chi connectivity index (χ2n) is 9.34. The number of carboxylic acid groups (broad SMARTS) is 1. The minimum atomic E-state index is -1.24. The number of aliphatic hydroxyl groups is 1. The Morgan fingerprint density at radius 3 is 1.79 bits per heavy atom. The molecule has 0 rings (SSSR count). The van der Waals surface area contributed by atoms with Crippen LogP contribution in [0.3, 0.4) is 0 Å². The van der Waals surface area contributed by atoms with Crippen LogP contribution in [0.2, 0.25) is 0 Å². The van der Waals surface area contributed by atoms with Crippen LogP contribution in [0.4, 0.5) is 0 Å². The molecule has 0 saturated heterocycles. The van der Waals surface area contributed by atoms with Gasteiger partial charge in [0.15, 0.2) is 6.10 Å². The summed E-state index contributed by atoms with van der Waals surface area (Å²) in [7, 11) is 5.70. The maximum Gasteiger partial charge on any atom is 0.308 e. The highest BCUT2D eigenvalue weighted by Crippen LogP contribution is 2.14. The number of ether oxygens (including phenoxy) is 1. The monoisotopic (exact) mass is 415 g/mol. The van der Waals surface area contributed by atoms with Crippen molar-refractivity contribution < 1.29 is 29.0 Å². The van der Waals surface area contributed by atoms with Crippen molar-refractivity contribution in [2.75, 3.05) is 27.7 Å². The SMILES string of the molecule is CCCCCCCCCCCCCC(O)CC(=O)O[C@H](CC(=O)[O-])C[N+](C)(C)C. The van der Waals surface area contributed by atoms with Crippen LogP contribution in [-0.4, -0.2) is 61.4 Å². The lowest BCUT2D eigenvalue weighted by Crippen LogP contribution is -2.45. The molecule has 172 valence electrons. The van der Waals surface area contributed by atoms with Crippen LogP contribution in [0, 0.1) is 0 Å². The molecule has 0 aliphatic carbocycles. The van der Waals surface area contributed by atoms with Gasteiger partial charge in [-0.05, 0) is 6.42 Å². The number of hydrogen-bond donors (Lipinski definition) is 1. The Balaban J connectivity index is 3.82. The van der Waals surface area contributed by atoms with Crippen LogP contribution in [-0.2, 0) is 14.3 Å². The van der Waals surface area contributed by atoms with E-state index in [2.05, 4.69) is 6.92 Å². The van der Waals surface area contributed by atoms with Crippen molar-refractivity contribution in [1.82, 2.24) is 0 Å². The van der Waals surface area contributed by atoms with E-state index in [4.69, 9.17) is 4.74 Å². The lowest BCUT2D eigenvalue weighted by molar-refractivity contribution is -0.873. The molecule has 0 heterocycles. The quantitative estimate of drug-likeness (QED) is 0.199. The summed E-state index contributed by atoms with van der Waals surface area (Å²) in [4.78, 5) is 22.9. The number of carboxylic acids is 1. The Hall–Kier alpha value is -1.14. The van der Waals surface area contributed by atoms with E-state index in [9.17, 15) is 19.8 Å². The van der Waals surface area contributed by atoms with Crippen molar-refractivity contribution in [2.24, 2.45) is 0 Å². The number of rotatable bonds is 19. The van der Waals surface area contributed by atoms with Gasteiger partial charge in [-0.3, -0.25) is 4.79 Å². The number of hydrogen-bond acceptors (Lipinski definition) is 5. The van der Waals surface area contributed by atoms with Crippen molar-refractivity contribution in [3.63, 3.8) is 0 Å². The molecule has 0 saturated carbocycles.